The first kappa shape index (κ1) is 11.2. The molecule has 0 fully saturated rings. The number of pyridine rings is 1. The zero-order valence-electron chi connectivity index (χ0n) is 8.69. The molecule has 0 amide bonds. The molecule has 0 aliphatic heterocycles. The van der Waals surface area contributed by atoms with Gasteiger partial charge in [-0.2, -0.15) is 0 Å². The zero-order chi connectivity index (χ0) is 12.3. The molecule has 0 saturated heterocycles. The van der Waals surface area contributed by atoms with Crippen molar-refractivity contribution in [1.29, 1.82) is 0 Å². The highest BCUT2D eigenvalue weighted by molar-refractivity contribution is 5.44. The largest absolute Gasteiger partial charge is 0.381 e. The van der Waals surface area contributed by atoms with Crippen LogP contribution in [0.15, 0.2) is 24.7 Å². The number of rotatable bonds is 3. The molecule has 88 valence electrons. The normalized spacial score (nSPS) is 10.2. The molecule has 0 radical (unpaired) electrons. The highest BCUT2D eigenvalue weighted by Gasteiger charge is 2.09. The average molecular weight is 237 g/mol. The Morgan fingerprint density at radius 3 is 2.82 bits per heavy atom. The van der Waals surface area contributed by atoms with Crippen LogP contribution in [0.25, 0.3) is 0 Å². The standard InChI is InChI=1S/C10H9F2N5/c11-7-3-8(12)10(17-9(7)13)15-4-6-1-2-14-5-16-6/h1-3,5H,4H2,(H3,13,15,17). The lowest BCUT2D eigenvalue weighted by Crippen LogP contribution is -2.07. The maximum atomic E-state index is 13.3. The Balaban J connectivity index is 2.12. The van der Waals surface area contributed by atoms with Gasteiger partial charge in [0.2, 0.25) is 0 Å². The zero-order valence-corrected chi connectivity index (χ0v) is 8.69. The smallest absolute Gasteiger partial charge is 0.168 e. The summed E-state index contributed by atoms with van der Waals surface area (Å²) in [5, 5.41) is 2.67. The lowest BCUT2D eigenvalue weighted by molar-refractivity contribution is 0.579. The molecular weight excluding hydrogens is 228 g/mol. The van der Waals surface area contributed by atoms with Gasteiger partial charge in [-0.05, 0) is 6.07 Å². The second-order valence-electron chi connectivity index (χ2n) is 3.24. The van der Waals surface area contributed by atoms with Crippen LogP contribution in [-0.4, -0.2) is 15.0 Å². The van der Waals surface area contributed by atoms with E-state index in [1.54, 1.807) is 12.3 Å². The summed E-state index contributed by atoms with van der Waals surface area (Å²) in [6, 6.07) is 2.35. The van der Waals surface area contributed by atoms with Crippen LogP contribution < -0.4 is 11.1 Å². The van der Waals surface area contributed by atoms with E-state index in [2.05, 4.69) is 20.3 Å². The number of hydrogen-bond donors (Lipinski definition) is 2. The maximum Gasteiger partial charge on any atom is 0.168 e. The minimum absolute atomic E-state index is 0.109. The molecule has 0 unspecified atom stereocenters. The molecule has 17 heavy (non-hydrogen) atoms. The number of nitrogens with zero attached hydrogens (tertiary/aromatic N) is 3. The van der Waals surface area contributed by atoms with Gasteiger partial charge in [0.15, 0.2) is 23.3 Å². The Morgan fingerprint density at radius 1 is 1.29 bits per heavy atom. The summed E-state index contributed by atoms with van der Waals surface area (Å²) in [6.45, 7) is 0.248. The van der Waals surface area contributed by atoms with Gasteiger partial charge in [0.25, 0.3) is 0 Å². The van der Waals surface area contributed by atoms with Crippen LogP contribution in [0.2, 0.25) is 0 Å². The van der Waals surface area contributed by atoms with Gasteiger partial charge in [-0.1, -0.05) is 0 Å². The van der Waals surface area contributed by atoms with Crippen LogP contribution >= 0.6 is 0 Å². The Labute approximate surface area is 95.7 Å². The number of halogens is 2. The fourth-order valence-electron chi connectivity index (χ4n) is 1.20. The predicted octanol–water partition coefficient (Wildman–Crippen LogP) is 1.34. The van der Waals surface area contributed by atoms with Gasteiger partial charge in [-0.3, -0.25) is 0 Å². The third-order valence-electron chi connectivity index (χ3n) is 2.04. The topological polar surface area (TPSA) is 76.7 Å². The minimum atomic E-state index is -0.880. The van der Waals surface area contributed by atoms with E-state index in [4.69, 9.17) is 5.73 Å². The van der Waals surface area contributed by atoms with E-state index in [1.165, 1.54) is 6.33 Å². The Bertz CT molecular complexity index is 518. The number of nitrogen functional groups attached to an aromatic ring is 1. The number of aromatic nitrogens is 3. The van der Waals surface area contributed by atoms with Gasteiger partial charge < -0.3 is 11.1 Å². The van der Waals surface area contributed by atoms with Crippen LogP contribution in [0.5, 0.6) is 0 Å². The average Bonchev–Trinajstić information content (AvgIpc) is 2.33. The number of nitrogens with two attached hydrogens (primary N) is 1. The molecule has 0 bridgehead atoms. The molecule has 0 aromatic carbocycles. The van der Waals surface area contributed by atoms with E-state index in [0.29, 0.717) is 11.8 Å². The molecule has 0 spiro atoms. The van der Waals surface area contributed by atoms with Gasteiger partial charge >= 0.3 is 0 Å². The van der Waals surface area contributed by atoms with Crippen LogP contribution in [0.4, 0.5) is 20.4 Å². The van der Waals surface area contributed by atoms with Crippen LogP contribution in [0.3, 0.4) is 0 Å². The van der Waals surface area contributed by atoms with Crippen molar-refractivity contribution >= 4 is 11.6 Å². The van der Waals surface area contributed by atoms with E-state index >= 15 is 0 Å². The third kappa shape index (κ3) is 2.63. The van der Waals surface area contributed by atoms with Gasteiger partial charge in [0.05, 0.1) is 12.2 Å². The van der Waals surface area contributed by atoms with E-state index in [1.807, 2.05) is 0 Å². The monoisotopic (exact) mass is 237 g/mol. The van der Waals surface area contributed by atoms with E-state index in [0.717, 1.165) is 0 Å². The minimum Gasteiger partial charge on any atom is -0.381 e. The maximum absolute atomic E-state index is 13.3. The van der Waals surface area contributed by atoms with Gasteiger partial charge in [-0.25, -0.2) is 23.7 Å². The second-order valence-corrected chi connectivity index (χ2v) is 3.24. The number of hydrogen-bond acceptors (Lipinski definition) is 5. The molecule has 3 N–H and O–H groups in total. The highest BCUT2D eigenvalue weighted by atomic mass is 19.1. The fraction of sp³-hybridized carbons (Fsp3) is 0.100. The molecule has 5 nitrogen and oxygen atoms in total. The molecule has 2 aromatic heterocycles. The summed E-state index contributed by atoms with van der Waals surface area (Å²) in [5.41, 5.74) is 5.90. The van der Waals surface area contributed by atoms with Crippen molar-refractivity contribution in [3.8, 4) is 0 Å². The van der Waals surface area contributed by atoms with Gasteiger partial charge in [0.1, 0.15) is 6.33 Å². The second kappa shape index (κ2) is 4.69. The highest BCUT2D eigenvalue weighted by Crippen LogP contribution is 2.16. The third-order valence-corrected chi connectivity index (χ3v) is 2.04. The molecule has 0 aliphatic carbocycles. The summed E-state index contributed by atoms with van der Waals surface area (Å²) >= 11 is 0. The van der Waals surface area contributed by atoms with Crippen molar-refractivity contribution in [1.82, 2.24) is 15.0 Å². The van der Waals surface area contributed by atoms with E-state index < -0.39 is 11.6 Å². The number of anilines is 2. The molecular formula is C10H9F2N5. The first-order valence-electron chi connectivity index (χ1n) is 4.77. The summed E-state index contributed by atoms with van der Waals surface area (Å²) in [4.78, 5) is 11.2. The van der Waals surface area contributed by atoms with E-state index in [9.17, 15) is 8.78 Å². The predicted molar refractivity (Wildman–Crippen MR) is 57.9 cm³/mol. The summed E-state index contributed by atoms with van der Waals surface area (Å²) < 4.78 is 26.1. The molecule has 7 heteroatoms. The van der Waals surface area contributed by atoms with Crippen molar-refractivity contribution in [3.05, 3.63) is 42.0 Å². The van der Waals surface area contributed by atoms with Crippen molar-refractivity contribution < 1.29 is 8.78 Å². The van der Waals surface area contributed by atoms with Crippen LogP contribution in [0.1, 0.15) is 5.69 Å². The SMILES string of the molecule is Nc1nc(NCc2ccncn2)c(F)cc1F. The molecule has 0 aliphatic rings. The van der Waals surface area contributed by atoms with Crippen molar-refractivity contribution in [2.45, 2.75) is 6.54 Å². The molecule has 2 rings (SSSR count). The lowest BCUT2D eigenvalue weighted by atomic mass is 10.3. The van der Waals surface area contributed by atoms with Crippen molar-refractivity contribution in [3.63, 3.8) is 0 Å². The molecule has 2 heterocycles. The quantitative estimate of drug-likeness (QED) is 0.842. The summed E-state index contributed by atoms with van der Waals surface area (Å²) in [7, 11) is 0. The van der Waals surface area contributed by atoms with Crippen molar-refractivity contribution in [2.75, 3.05) is 11.1 Å². The Morgan fingerprint density at radius 2 is 2.12 bits per heavy atom. The first-order valence-corrected chi connectivity index (χ1v) is 4.77. The molecule has 0 saturated carbocycles. The lowest BCUT2D eigenvalue weighted by Gasteiger charge is -2.07. The van der Waals surface area contributed by atoms with E-state index in [-0.39, 0.29) is 18.2 Å². The Hall–Kier alpha value is -2.31. The van der Waals surface area contributed by atoms with Crippen LogP contribution in [-0.2, 0) is 6.54 Å². The number of nitrogens with one attached hydrogen (secondary N) is 1. The fourth-order valence-corrected chi connectivity index (χ4v) is 1.20. The molecule has 0 atom stereocenters. The van der Waals surface area contributed by atoms with Gasteiger partial charge in [0, 0.05) is 12.3 Å². The Kier molecular flexibility index (Phi) is 3.08. The first-order chi connectivity index (χ1) is 8.16. The molecule has 2 aromatic rings. The van der Waals surface area contributed by atoms with Gasteiger partial charge in [-0.15, -0.1) is 0 Å². The summed E-state index contributed by atoms with van der Waals surface area (Å²) in [6.07, 6.45) is 2.94. The summed E-state index contributed by atoms with van der Waals surface area (Å²) in [5.74, 6) is -2.14. The van der Waals surface area contributed by atoms with Crippen LogP contribution in [0, 0.1) is 11.6 Å². The van der Waals surface area contributed by atoms with Crippen molar-refractivity contribution in [2.24, 2.45) is 0 Å².